The van der Waals surface area contributed by atoms with Crippen LogP contribution in [-0.2, 0) is 27.2 Å². The third kappa shape index (κ3) is 5.16. The van der Waals surface area contributed by atoms with Gasteiger partial charge in [0.1, 0.15) is 47.4 Å². The SMILES string of the molecule is CO[C@@H]1CC[C@H]1Oc1cc(NC(=O)N2CCCc3cc(CN4CCOCC4=O)c(C=O)nc32)ncc1C#N. The van der Waals surface area contributed by atoms with Crippen LogP contribution in [0.2, 0.25) is 0 Å². The lowest BCUT2D eigenvalue weighted by Gasteiger charge is -2.35. The molecule has 12 heteroatoms. The number of methoxy groups -OCH3 is 1. The molecule has 1 saturated carbocycles. The maximum Gasteiger partial charge on any atom is 0.328 e. The predicted octanol–water partition coefficient (Wildman–Crippen LogP) is 2.06. The number of morpholine rings is 1. The smallest absolute Gasteiger partial charge is 0.328 e. The van der Waals surface area contributed by atoms with Crippen LogP contribution < -0.4 is 15.0 Å². The molecular weight excluding hydrogens is 492 g/mol. The van der Waals surface area contributed by atoms with Gasteiger partial charge in [-0.25, -0.2) is 14.8 Å². The number of hydrogen-bond acceptors (Lipinski definition) is 9. The lowest BCUT2D eigenvalue weighted by molar-refractivity contribution is -0.143. The third-order valence-electron chi connectivity index (χ3n) is 7.03. The molecule has 12 nitrogen and oxygen atoms in total. The summed E-state index contributed by atoms with van der Waals surface area (Å²) in [6.45, 7) is 1.57. The highest BCUT2D eigenvalue weighted by molar-refractivity contribution is 6.01. The first-order valence-corrected chi connectivity index (χ1v) is 12.5. The van der Waals surface area contributed by atoms with Crippen molar-refractivity contribution in [3.8, 4) is 11.8 Å². The zero-order chi connectivity index (χ0) is 26.6. The topological polar surface area (TPSA) is 147 Å². The summed E-state index contributed by atoms with van der Waals surface area (Å²) < 4.78 is 16.5. The molecule has 0 spiro atoms. The van der Waals surface area contributed by atoms with E-state index in [1.165, 1.54) is 17.2 Å². The largest absolute Gasteiger partial charge is 0.486 e. The number of aldehydes is 1. The number of carbonyl (C=O) groups excluding carboxylic acids is 3. The third-order valence-corrected chi connectivity index (χ3v) is 7.03. The Labute approximate surface area is 219 Å². The highest BCUT2D eigenvalue weighted by atomic mass is 16.5. The number of nitrogens with one attached hydrogen (secondary N) is 1. The zero-order valence-corrected chi connectivity index (χ0v) is 21.0. The number of rotatable bonds is 7. The molecule has 3 amide bonds. The van der Waals surface area contributed by atoms with Crippen molar-refractivity contribution in [3.05, 3.63) is 40.7 Å². The van der Waals surface area contributed by atoms with Crippen LogP contribution in [0.3, 0.4) is 0 Å². The quantitative estimate of drug-likeness (QED) is 0.542. The van der Waals surface area contributed by atoms with Gasteiger partial charge in [-0.2, -0.15) is 5.26 Å². The van der Waals surface area contributed by atoms with Gasteiger partial charge in [-0.3, -0.25) is 19.8 Å². The highest BCUT2D eigenvalue weighted by Gasteiger charge is 2.34. The minimum Gasteiger partial charge on any atom is -0.486 e. The number of ether oxygens (including phenoxy) is 3. The number of amides is 3. The van der Waals surface area contributed by atoms with E-state index in [1.807, 2.05) is 6.07 Å². The van der Waals surface area contributed by atoms with Gasteiger partial charge in [0.25, 0.3) is 0 Å². The molecule has 1 aliphatic carbocycles. The standard InChI is InChI=1S/C26H28N6O6/c1-36-20-4-5-21(20)38-22-10-23(28-12-18(22)11-27)30-26(35)32-6-2-3-16-9-17(19(14-33)29-25(16)32)13-31-7-8-37-15-24(31)34/h9-10,12,14,20-21H,2-8,13,15H2,1H3,(H,28,30,35)/t20-,21-/m1/s1. The first-order chi connectivity index (χ1) is 18.5. The fourth-order valence-electron chi connectivity index (χ4n) is 4.78. The molecule has 2 aromatic heterocycles. The van der Waals surface area contributed by atoms with E-state index in [2.05, 4.69) is 21.4 Å². The maximum absolute atomic E-state index is 13.3. The van der Waals surface area contributed by atoms with Crippen molar-refractivity contribution in [2.24, 2.45) is 0 Å². The number of pyridine rings is 2. The Bertz CT molecular complexity index is 1290. The summed E-state index contributed by atoms with van der Waals surface area (Å²) in [5.41, 5.74) is 1.90. The Morgan fingerprint density at radius 1 is 1.32 bits per heavy atom. The van der Waals surface area contributed by atoms with Crippen LogP contribution in [0.5, 0.6) is 5.75 Å². The summed E-state index contributed by atoms with van der Waals surface area (Å²) in [4.78, 5) is 49.2. The van der Waals surface area contributed by atoms with Crippen LogP contribution in [0.15, 0.2) is 18.3 Å². The maximum atomic E-state index is 13.3. The first-order valence-electron chi connectivity index (χ1n) is 12.5. The molecule has 1 N–H and O–H groups in total. The van der Waals surface area contributed by atoms with E-state index >= 15 is 0 Å². The normalized spacial score (nSPS) is 20.7. The Morgan fingerprint density at radius 2 is 2.16 bits per heavy atom. The molecule has 3 aliphatic rings. The Kier molecular flexibility index (Phi) is 7.48. The van der Waals surface area contributed by atoms with Crippen LogP contribution in [0.4, 0.5) is 16.4 Å². The summed E-state index contributed by atoms with van der Waals surface area (Å²) in [5, 5.41) is 12.2. The lowest BCUT2D eigenvalue weighted by atomic mass is 9.92. The minimum atomic E-state index is -0.465. The van der Waals surface area contributed by atoms with Gasteiger partial charge < -0.3 is 19.1 Å². The van der Waals surface area contributed by atoms with Crippen molar-refractivity contribution in [1.82, 2.24) is 14.9 Å². The summed E-state index contributed by atoms with van der Waals surface area (Å²) >= 11 is 0. The fourth-order valence-corrected chi connectivity index (χ4v) is 4.78. The van der Waals surface area contributed by atoms with E-state index in [-0.39, 0.29) is 48.3 Å². The average Bonchev–Trinajstić information content (AvgIpc) is 2.92. The summed E-state index contributed by atoms with van der Waals surface area (Å²) in [6.07, 6.45) is 4.87. The van der Waals surface area contributed by atoms with Crippen molar-refractivity contribution >= 4 is 29.9 Å². The number of carbonyl (C=O) groups is 3. The van der Waals surface area contributed by atoms with Gasteiger partial charge >= 0.3 is 6.03 Å². The van der Waals surface area contributed by atoms with Crippen LogP contribution in [0, 0.1) is 11.3 Å². The van der Waals surface area contributed by atoms with E-state index in [1.54, 1.807) is 12.0 Å². The average molecular weight is 521 g/mol. The molecule has 4 heterocycles. The summed E-state index contributed by atoms with van der Waals surface area (Å²) in [5.74, 6) is 0.810. The number of anilines is 2. The van der Waals surface area contributed by atoms with E-state index in [4.69, 9.17) is 14.2 Å². The van der Waals surface area contributed by atoms with Crippen LogP contribution in [0.25, 0.3) is 0 Å². The second-order valence-corrected chi connectivity index (χ2v) is 9.37. The number of urea groups is 1. The first kappa shape index (κ1) is 25.6. The number of fused-ring (bicyclic) bond motifs is 1. The molecule has 0 bridgehead atoms. The highest BCUT2D eigenvalue weighted by Crippen LogP contribution is 2.32. The van der Waals surface area contributed by atoms with E-state index < -0.39 is 6.03 Å². The van der Waals surface area contributed by atoms with Crippen LogP contribution in [-0.4, -0.2) is 78.7 Å². The number of aromatic nitrogens is 2. The number of hydrogen-bond donors (Lipinski definition) is 1. The van der Waals surface area contributed by atoms with Crippen molar-refractivity contribution in [2.75, 3.05) is 43.6 Å². The predicted molar refractivity (Wildman–Crippen MR) is 134 cm³/mol. The second-order valence-electron chi connectivity index (χ2n) is 9.37. The minimum absolute atomic E-state index is 0.0203. The van der Waals surface area contributed by atoms with Crippen molar-refractivity contribution in [3.63, 3.8) is 0 Å². The number of nitrogens with zero attached hydrogens (tertiary/aromatic N) is 5. The van der Waals surface area contributed by atoms with Crippen molar-refractivity contribution in [1.29, 1.82) is 5.26 Å². The molecule has 2 aliphatic heterocycles. The van der Waals surface area contributed by atoms with Gasteiger partial charge in [0.15, 0.2) is 6.29 Å². The lowest BCUT2D eigenvalue weighted by Crippen LogP contribution is -2.43. The molecule has 2 aromatic rings. The Hall–Kier alpha value is -4.08. The zero-order valence-electron chi connectivity index (χ0n) is 21.0. The molecule has 5 rings (SSSR count). The van der Waals surface area contributed by atoms with Crippen LogP contribution >= 0.6 is 0 Å². The molecular formula is C26H28N6O6. The van der Waals surface area contributed by atoms with Gasteiger partial charge in [0.05, 0.1) is 18.9 Å². The molecule has 38 heavy (non-hydrogen) atoms. The Balaban J connectivity index is 1.34. The monoisotopic (exact) mass is 520 g/mol. The van der Waals surface area contributed by atoms with Crippen LogP contribution in [0.1, 0.15) is 46.4 Å². The molecule has 0 unspecified atom stereocenters. The summed E-state index contributed by atoms with van der Waals surface area (Å²) in [7, 11) is 1.62. The van der Waals surface area contributed by atoms with Gasteiger partial charge in [-0.05, 0) is 37.3 Å². The molecule has 0 aromatic carbocycles. The van der Waals surface area contributed by atoms with Gasteiger partial charge in [0.2, 0.25) is 5.91 Å². The summed E-state index contributed by atoms with van der Waals surface area (Å²) in [6, 6.07) is 4.98. The molecule has 0 radical (unpaired) electrons. The fraction of sp³-hybridized carbons (Fsp3) is 0.462. The van der Waals surface area contributed by atoms with E-state index in [9.17, 15) is 19.6 Å². The van der Waals surface area contributed by atoms with Gasteiger partial charge in [-0.1, -0.05) is 0 Å². The van der Waals surface area contributed by atoms with Crippen molar-refractivity contribution in [2.45, 2.75) is 44.4 Å². The number of aryl methyl sites for hydroxylation is 1. The van der Waals surface area contributed by atoms with Gasteiger partial charge in [-0.15, -0.1) is 0 Å². The molecule has 198 valence electrons. The van der Waals surface area contributed by atoms with Gasteiger partial charge in [0, 0.05) is 38.4 Å². The molecule has 2 atom stereocenters. The van der Waals surface area contributed by atoms with E-state index in [0.29, 0.717) is 56.0 Å². The van der Waals surface area contributed by atoms with E-state index in [0.717, 1.165) is 18.4 Å². The van der Waals surface area contributed by atoms with Crippen molar-refractivity contribution < 1.29 is 28.6 Å². The second kappa shape index (κ2) is 11.1. The number of nitriles is 1. The molecule has 1 saturated heterocycles. The Morgan fingerprint density at radius 3 is 2.87 bits per heavy atom. The molecule has 2 fully saturated rings.